The van der Waals surface area contributed by atoms with Crippen molar-refractivity contribution in [3.63, 3.8) is 0 Å². The van der Waals surface area contributed by atoms with Gasteiger partial charge < -0.3 is 30.3 Å². The van der Waals surface area contributed by atoms with E-state index in [9.17, 15) is 19.8 Å². The molecule has 4 N–H and O–H groups in total. The second-order valence-corrected chi connectivity index (χ2v) is 9.25. The van der Waals surface area contributed by atoms with Crippen LogP contribution in [0.4, 0.5) is 0 Å². The van der Waals surface area contributed by atoms with Gasteiger partial charge in [-0.05, 0) is 51.4 Å². The molecule has 0 spiro atoms. The van der Waals surface area contributed by atoms with Gasteiger partial charge in [0.1, 0.15) is 0 Å². The Bertz CT molecular complexity index is 522. The number of amides is 2. The average Bonchev–Trinajstić information content (AvgIpc) is 2.74. The van der Waals surface area contributed by atoms with Crippen LogP contribution in [0.25, 0.3) is 0 Å². The highest BCUT2D eigenvalue weighted by molar-refractivity contribution is 5.87. The number of ether oxygens (including phenoxy) is 2. The molecule has 0 aromatic carbocycles. The van der Waals surface area contributed by atoms with Crippen molar-refractivity contribution in [2.75, 3.05) is 39.5 Å². The minimum absolute atomic E-state index is 0.0893. The van der Waals surface area contributed by atoms with Gasteiger partial charge in [-0.25, -0.2) is 0 Å². The highest BCUT2D eigenvalue weighted by atomic mass is 16.5. The Morgan fingerprint density at radius 2 is 1.10 bits per heavy atom. The summed E-state index contributed by atoms with van der Waals surface area (Å²) in [5.41, 5.74) is -1.53. The second kappa shape index (κ2) is 10.9. The molecule has 2 aliphatic heterocycles. The molecule has 0 unspecified atom stereocenters. The topological polar surface area (TPSA) is 117 Å². The first-order valence-electron chi connectivity index (χ1n) is 11.6. The Morgan fingerprint density at radius 1 is 0.733 bits per heavy atom. The van der Waals surface area contributed by atoms with Crippen LogP contribution in [0.1, 0.15) is 64.2 Å². The van der Waals surface area contributed by atoms with Crippen molar-refractivity contribution in [3.8, 4) is 0 Å². The Labute approximate surface area is 179 Å². The van der Waals surface area contributed by atoms with Gasteiger partial charge in [0.25, 0.3) is 0 Å². The molecule has 1 aliphatic carbocycles. The number of nitrogens with one attached hydrogen (secondary N) is 2. The molecule has 0 bridgehead atoms. The maximum atomic E-state index is 12.8. The summed E-state index contributed by atoms with van der Waals surface area (Å²) >= 11 is 0. The van der Waals surface area contributed by atoms with Crippen molar-refractivity contribution in [1.29, 1.82) is 0 Å². The fraction of sp³-hybridized carbons (Fsp3) is 0.909. The maximum absolute atomic E-state index is 12.8. The molecule has 2 atom stereocenters. The molecule has 1 saturated carbocycles. The van der Waals surface area contributed by atoms with E-state index in [2.05, 4.69) is 10.6 Å². The summed E-state index contributed by atoms with van der Waals surface area (Å²) in [5, 5.41) is 27.0. The zero-order valence-corrected chi connectivity index (χ0v) is 18.0. The van der Waals surface area contributed by atoms with Crippen LogP contribution in [0.3, 0.4) is 0 Å². The van der Waals surface area contributed by atoms with Crippen molar-refractivity contribution in [2.24, 2.45) is 11.8 Å². The molecular weight excluding hydrogens is 388 g/mol. The van der Waals surface area contributed by atoms with Gasteiger partial charge in [0, 0.05) is 51.4 Å². The monoisotopic (exact) mass is 426 g/mol. The summed E-state index contributed by atoms with van der Waals surface area (Å²) in [5.74, 6) is -0.828. The van der Waals surface area contributed by atoms with E-state index in [1.165, 1.54) is 0 Å². The zero-order valence-electron chi connectivity index (χ0n) is 18.0. The van der Waals surface area contributed by atoms with Crippen molar-refractivity contribution in [1.82, 2.24) is 10.6 Å². The first-order chi connectivity index (χ1) is 14.4. The van der Waals surface area contributed by atoms with Crippen LogP contribution in [0.5, 0.6) is 0 Å². The van der Waals surface area contributed by atoms with Crippen molar-refractivity contribution in [2.45, 2.75) is 75.4 Å². The van der Waals surface area contributed by atoms with Gasteiger partial charge in [0.15, 0.2) is 0 Å². The lowest BCUT2D eigenvalue weighted by Crippen LogP contribution is -2.46. The Hall–Kier alpha value is -1.22. The molecule has 0 radical (unpaired) electrons. The summed E-state index contributed by atoms with van der Waals surface area (Å²) in [4.78, 5) is 25.6. The lowest BCUT2D eigenvalue weighted by molar-refractivity contribution is -0.137. The largest absolute Gasteiger partial charge is 0.390 e. The van der Waals surface area contributed by atoms with Crippen LogP contribution in [0.2, 0.25) is 0 Å². The van der Waals surface area contributed by atoms with Crippen LogP contribution >= 0.6 is 0 Å². The van der Waals surface area contributed by atoms with Crippen molar-refractivity contribution < 1.29 is 29.3 Å². The van der Waals surface area contributed by atoms with E-state index in [0.717, 1.165) is 12.8 Å². The highest BCUT2D eigenvalue weighted by Crippen LogP contribution is 2.31. The summed E-state index contributed by atoms with van der Waals surface area (Å²) < 4.78 is 10.6. The number of aliphatic hydroxyl groups is 2. The third-order valence-electron chi connectivity index (χ3n) is 7.07. The molecule has 2 heterocycles. The number of hydrogen-bond donors (Lipinski definition) is 4. The van der Waals surface area contributed by atoms with Gasteiger partial charge in [-0.15, -0.1) is 0 Å². The van der Waals surface area contributed by atoms with Crippen LogP contribution in [0, 0.1) is 11.8 Å². The van der Waals surface area contributed by atoms with Crippen molar-refractivity contribution >= 4 is 11.8 Å². The standard InChI is InChI=1S/C22H38N2O6/c25-19(23-11-5-21(27)7-13-29-14-8-21)17-3-1-2-4-18(17)20(26)24-12-6-22(28)9-15-30-16-10-22/h17-18,27-28H,1-16H2,(H,23,25)(H,24,26)/t17-,18-/m1/s1. The van der Waals surface area contributed by atoms with Gasteiger partial charge >= 0.3 is 0 Å². The van der Waals surface area contributed by atoms with Crippen LogP contribution < -0.4 is 10.6 Å². The summed E-state index contributed by atoms with van der Waals surface area (Å²) in [6, 6.07) is 0. The second-order valence-electron chi connectivity index (χ2n) is 9.25. The molecule has 30 heavy (non-hydrogen) atoms. The third kappa shape index (κ3) is 6.64. The molecule has 8 nitrogen and oxygen atoms in total. The normalized spacial score (nSPS) is 28.5. The molecule has 3 aliphatic rings. The summed E-state index contributed by atoms with van der Waals surface area (Å²) in [7, 11) is 0. The molecule has 3 rings (SSSR count). The molecule has 0 aromatic heterocycles. The predicted octanol–water partition coefficient (Wildman–Crippen LogP) is 0.888. The Kier molecular flexibility index (Phi) is 8.51. The van der Waals surface area contributed by atoms with E-state index in [0.29, 0.717) is 90.9 Å². The minimum Gasteiger partial charge on any atom is -0.390 e. The molecule has 0 aromatic rings. The number of carbonyl (C=O) groups is 2. The molecular formula is C22H38N2O6. The molecule has 8 heteroatoms. The lowest BCUT2D eigenvalue weighted by atomic mass is 9.78. The summed E-state index contributed by atoms with van der Waals surface area (Å²) in [6.07, 6.45) is 6.71. The first kappa shape index (κ1) is 23.4. The van der Waals surface area contributed by atoms with Crippen LogP contribution in [-0.2, 0) is 19.1 Å². The predicted molar refractivity (Wildman–Crippen MR) is 111 cm³/mol. The third-order valence-corrected chi connectivity index (χ3v) is 7.07. The van der Waals surface area contributed by atoms with E-state index >= 15 is 0 Å². The van der Waals surface area contributed by atoms with Crippen LogP contribution in [-0.4, -0.2) is 72.7 Å². The van der Waals surface area contributed by atoms with Gasteiger partial charge in [-0.3, -0.25) is 9.59 Å². The Balaban J connectivity index is 1.43. The smallest absolute Gasteiger partial charge is 0.223 e. The number of hydrogen-bond acceptors (Lipinski definition) is 6. The van der Waals surface area contributed by atoms with Gasteiger partial charge in [0.2, 0.25) is 11.8 Å². The maximum Gasteiger partial charge on any atom is 0.223 e. The number of carbonyl (C=O) groups excluding carboxylic acids is 2. The van der Waals surface area contributed by atoms with Gasteiger partial charge in [-0.1, -0.05) is 12.8 Å². The molecule has 3 fully saturated rings. The fourth-order valence-corrected chi connectivity index (χ4v) is 4.86. The molecule has 2 amide bonds. The van der Waals surface area contributed by atoms with Gasteiger partial charge in [-0.2, -0.15) is 0 Å². The molecule has 172 valence electrons. The highest BCUT2D eigenvalue weighted by Gasteiger charge is 2.37. The van der Waals surface area contributed by atoms with Crippen molar-refractivity contribution in [3.05, 3.63) is 0 Å². The lowest BCUT2D eigenvalue weighted by Gasteiger charge is -2.34. The first-order valence-corrected chi connectivity index (χ1v) is 11.6. The molecule has 2 saturated heterocycles. The number of rotatable bonds is 8. The summed E-state index contributed by atoms with van der Waals surface area (Å²) in [6.45, 7) is 3.04. The van der Waals surface area contributed by atoms with E-state index in [-0.39, 0.29) is 23.7 Å². The fourth-order valence-electron chi connectivity index (χ4n) is 4.86. The van der Waals surface area contributed by atoms with Gasteiger partial charge in [0.05, 0.1) is 11.2 Å². The van der Waals surface area contributed by atoms with Crippen LogP contribution in [0.15, 0.2) is 0 Å². The average molecular weight is 427 g/mol. The van der Waals surface area contributed by atoms with E-state index in [4.69, 9.17) is 9.47 Å². The minimum atomic E-state index is -0.765. The van der Waals surface area contributed by atoms with E-state index < -0.39 is 11.2 Å². The van der Waals surface area contributed by atoms with E-state index in [1.54, 1.807) is 0 Å². The Morgan fingerprint density at radius 3 is 1.47 bits per heavy atom. The quantitative estimate of drug-likeness (QED) is 0.458. The SMILES string of the molecule is O=C(NCCC1(O)CCOCC1)[C@@H]1CCCC[C@H]1C(=O)NCCC1(O)CCOCC1. The van der Waals surface area contributed by atoms with E-state index in [1.807, 2.05) is 0 Å². The zero-order chi connectivity index (χ0) is 21.5.